The minimum Gasteiger partial charge on any atom is -0.378 e. The van der Waals surface area contributed by atoms with Gasteiger partial charge in [0.15, 0.2) is 0 Å². The molecule has 2 aromatic rings. The fourth-order valence-corrected chi connectivity index (χ4v) is 3.79. The number of amides is 1. The van der Waals surface area contributed by atoms with Crippen molar-refractivity contribution in [3.8, 4) is 0 Å². The van der Waals surface area contributed by atoms with Crippen LogP contribution >= 0.6 is 0 Å². The van der Waals surface area contributed by atoms with Crippen LogP contribution in [0.3, 0.4) is 0 Å². The van der Waals surface area contributed by atoms with E-state index in [9.17, 15) is 4.79 Å². The summed E-state index contributed by atoms with van der Waals surface area (Å²) in [5.74, 6) is 1.51. The first-order valence-electron chi connectivity index (χ1n) is 9.38. The predicted molar refractivity (Wildman–Crippen MR) is 100 cm³/mol. The maximum Gasteiger partial charge on any atom is 0.253 e. The van der Waals surface area contributed by atoms with Crippen molar-refractivity contribution < 1.29 is 9.53 Å². The third kappa shape index (κ3) is 3.06. The number of morpholine rings is 1. The zero-order valence-corrected chi connectivity index (χ0v) is 15.1. The number of hydrogen-bond donors (Lipinski definition) is 1. The van der Waals surface area contributed by atoms with Gasteiger partial charge in [-0.15, -0.1) is 5.10 Å². The standard InChI is InChI=1S/C19H22N6O2/c26-17-15-13-25-18(21-19(22-25)23-8-10-27-11-9-23)20-16(15)6-7-24(17)12-14-4-2-1-3-5-14/h1-5H,6-13H2,(H,20,21,22). The topological polar surface area (TPSA) is 75.5 Å². The number of ether oxygens (including phenoxy) is 1. The van der Waals surface area contributed by atoms with Crippen LogP contribution in [0.25, 0.3) is 0 Å². The van der Waals surface area contributed by atoms with Crippen LogP contribution in [0.1, 0.15) is 12.0 Å². The molecule has 1 aromatic heterocycles. The number of fused-ring (bicyclic) bond motifs is 1. The zero-order chi connectivity index (χ0) is 18.2. The van der Waals surface area contributed by atoms with E-state index < -0.39 is 0 Å². The Morgan fingerprint density at radius 3 is 2.74 bits per heavy atom. The Bertz CT molecular complexity index is 885. The van der Waals surface area contributed by atoms with Gasteiger partial charge in [0.25, 0.3) is 5.91 Å². The molecule has 1 saturated heterocycles. The molecule has 0 bridgehead atoms. The van der Waals surface area contributed by atoms with Crippen molar-refractivity contribution in [2.24, 2.45) is 0 Å². The van der Waals surface area contributed by atoms with Crippen LogP contribution < -0.4 is 10.2 Å². The average Bonchev–Trinajstić information content (AvgIpc) is 3.13. The van der Waals surface area contributed by atoms with Crippen molar-refractivity contribution in [3.63, 3.8) is 0 Å². The molecular weight excluding hydrogens is 344 g/mol. The minimum atomic E-state index is 0.0849. The summed E-state index contributed by atoms with van der Waals surface area (Å²) >= 11 is 0. The van der Waals surface area contributed by atoms with Gasteiger partial charge in [-0.05, 0) is 5.56 Å². The summed E-state index contributed by atoms with van der Waals surface area (Å²) in [5.41, 5.74) is 2.93. The first-order valence-corrected chi connectivity index (χ1v) is 9.38. The number of anilines is 2. The lowest BCUT2D eigenvalue weighted by molar-refractivity contribution is -0.128. The highest BCUT2D eigenvalue weighted by atomic mass is 16.5. The lowest BCUT2D eigenvalue weighted by atomic mass is 10.0. The van der Waals surface area contributed by atoms with E-state index in [-0.39, 0.29) is 5.91 Å². The van der Waals surface area contributed by atoms with Gasteiger partial charge in [-0.2, -0.15) is 4.98 Å². The Balaban J connectivity index is 1.34. The summed E-state index contributed by atoms with van der Waals surface area (Å²) in [6.45, 7) is 4.79. The highest BCUT2D eigenvalue weighted by Gasteiger charge is 2.32. The Labute approximate surface area is 157 Å². The first kappa shape index (κ1) is 16.3. The minimum absolute atomic E-state index is 0.0849. The number of aromatic nitrogens is 3. The first-order chi connectivity index (χ1) is 13.3. The van der Waals surface area contributed by atoms with Crippen LogP contribution in [-0.4, -0.2) is 58.4 Å². The zero-order valence-electron chi connectivity index (χ0n) is 15.1. The molecule has 8 heteroatoms. The van der Waals surface area contributed by atoms with Crippen LogP contribution in [-0.2, 0) is 22.6 Å². The van der Waals surface area contributed by atoms with E-state index in [0.29, 0.717) is 38.8 Å². The largest absolute Gasteiger partial charge is 0.378 e. The second-order valence-corrected chi connectivity index (χ2v) is 7.04. The third-order valence-corrected chi connectivity index (χ3v) is 5.28. The molecule has 1 N–H and O–H groups in total. The molecule has 27 heavy (non-hydrogen) atoms. The average molecular weight is 366 g/mol. The van der Waals surface area contributed by atoms with Crippen molar-refractivity contribution >= 4 is 17.8 Å². The lowest BCUT2D eigenvalue weighted by Gasteiger charge is -2.33. The third-order valence-electron chi connectivity index (χ3n) is 5.28. The van der Waals surface area contributed by atoms with E-state index in [1.165, 1.54) is 0 Å². The van der Waals surface area contributed by atoms with Crippen LogP contribution in [0.5, 0.6) is 0 Å². The molecule has 0 aliphatic carbocycles. The van der Waals surface area contributed by atoms with Gasteiger partial charge in [-0.1, -0.05) is 30.3 Å². The quantitative estimate of drug-likeness (QED) is 0.881. The Morgan fingerprint density at radius 2 is 1.93 bits per heavy atom. The number of carbonyl (C=O) groups is 1. The highest BCUT2D eigenvalue weighted by molar-refractivity contribution is 5.96. The van der Waals surface area contributed by atoms with Crippen molar-refractivity contribution in [1.29, 1.82) is 0 Å². The number of carbonyl (C=O) groups excluding carboxylic acids is 1. The molecule has 3 aliphatic rings. The Morgan fingerprint density at radius 1 is 1.11 bits per heavy atom. The van der Waals surface area contributed by atoms with Gasteiger partial charge in [0.2, 0.25) is 11.9 Å². The molecule has 0 radical (unpaired) electrons. The molecule has 5 rings (SSSR count). The monoisotopic (exact) mass is 366 g/mol. The summed E-state index contributed by atoms with van der Waals surface area (Å²) in [6.07, 6.45) is 0.813. The number of nitrogens with one attached hydrogen (secondary N) is 1. The molecule has 0 atom stereocenters. The smallest absolute Gasteiger partial charge is 0.253 e. The van der Waals surface area contributed by atoms with Gasteiger partial charge in [0, 0.05) is 38.3 Å². The SMILES string of the molecule is O=C1C2=C(CCN1Cc1ccccc1)Nc1nc(N3CCOCC3)nn1C2. The number of benzene rings is 1. The van der Waals surface area contributed by atoms with Crippen molar-refractivity contribution in [2.45, 2.75) is 19.5 Å². The number of nitrogens with zero attached hydrogens (tertiary/aromatic N) is 5. The summed E-state index contributed by atoms with van der Waals surface area (Å²) in [6, 6.07) is 10.1. The maximum atomic E-state index is 13.0. The van der Waals surface area contributed by atoms with Crippen LogP contribution in [0.2, 0.25) is 0 Å². The summed E-state index contributed by atoms with van der Waals surface area (Å²) in [7, 11) is 0. The van der Waals surface area contributed by atoms with Gasteiger partial charge in [-0.3, -0.25) is 4.79 Å². The predicted octanol–water partition coefficient (Wildman–Crippen LogP) is 1.23. The van der Waals surface area contributed by atoms with E-state index in [0.717, 1.165) is 42.3 Å². The fourth-order valence-electron chi connectivity index (χ4n) is 3.79. The molecule has 4 heterocycles. The van der Waals surface area contributed by atoms with Crippen LogP contribution in [0, 0.1) is 0 Å². The highest BCUT2D eigenvalue weighted by Crippen LogP contribution is 2.29. The van der Waals surface area contributed by atoms with Crippen molar-refractivity contribution in [3.05, 3.63) is 47.2 Å². The van der Waals surface area contributed by atoms with Gasteiger partial charge in [0.1, 0.15) is 0 Å². The molecule has 1 amide bonds. The fraction of sp³-hybridized carbons (Fsp3) is 0.421. The summed E-state index contributed by atoms with van der Waals surface area (Å²) in [4.78, 5) is 21.7. The molecule has 3 aliphatic heterocycles. The Hall–Kier alpha value is -2.87. The summed E-state index contributed by atoms with van der Waals surface area (Å²) < 4.78 is 7.20. The van der Waals surface area contributed by atoms with E-state index in [2.05, 4.69) is 32.4 Å². The van der Waals surface area contributed by atoms with Crippen molar-refractivity contribution in [1.82, 2.24) is 19.7 Å². The molecule has 140 valence electrons. The van der Waals surface area contributed by atoms with Crippen LogP contribution in [0.4, 0.5) is 11.9 Å². The van der Waals surface area contributed by atoms with E-state index in [1.807, 2.05) is 23.1 Å². The molecule has 1 fully saturated rings. The van der Waals surface area contributed by atoms with Crippen LogP contribution in [0.15, 0.2) is 41.6 Å². The molecule has 0 saturated carbocycles. The van der Waals surface area contributed by atoms with Gasteiger partial charge >= 0.3 is 0 Å². The van der Waals surface area contributed by atoms with Crippen molar-refractivity contribution in [2.75, 3.05) is 43.1 Å². The van der Waals surface area contributed by atoms with Gasteiger partial charge in [0.05, 0.1) is 25.3 Å². The molecule has 8 nitrogen and oxygen atoms in total. The van der Waals surface area contributed by atoms with E-state index in [4.69, 9.17) is 4.74 Å². The van der Waals surface area contributed by atoms with E-state index >= 15 is 0 Å². The van der Waals surface area contributed by atoms with E-state index in [1.54, 1.807) is 4.68 Å². The lowest BCUT2D eigenvalue weighted by Crippen LogP contribution is -2.41. The van der Waals surface area contributed by atoms with Gasteiger partial charge in [-0.25, -0.2) is 4.68 Å². The second-order valence-electron chi connectivity index (χ2n) is 7.04. The number of rotatable bonds is 3. The summed E-state index contributed by atoms with van der Waals surface area (Å²) in [5, 5.41) is 7.95. The number of hydrogen-bond acceptors (Lipinski definition) is 6. The maximum absolute atomic E-state index is 13.0. The molecular formula is C19H22N6O2. The molecule has 0 unspecified atom stereocenters. The van der Waals surface area contributed by atoms with Gasteiger partial charge < -0.3 is 19.9 Å². The molecule has 0 spiro atoms. The molecule has 1 aromatic carbocycles. The second kappa shape index (κ2) is 6.70. The Kier molecular flexibility index (Phi) is 4.05. The normalized spacial score (nSPS) is 19.6.